The van der Waals surface area contributed by atoms with E-state index in [1.165, 1.54) is 0 Å². The van der Waals surface area contributed by atoms with Crippen LogP contribution in [0.1, 0.15) is 48.5 Å². The summed E-state index contributed by atoms with van der Waals surface area (Å²) < 4.78 is 11.1. The molecule has 0 aromatic rings. The molecule has 0 saturated carbocycles. The minimum atomic E-state index is -0.494. The molecule has 1 aliphatic heterocycles. The minimum absolute atomic E-state index is 0.207. The zero-order valence-electron chi connectivity index (χ0n) is 21.2. The van der Waals surface area contributed by atoms with E-state index in [9.17, 15) is 9.59 Å². The third-order valence-electron chi connectivity index (χ3n) is 5.05. The monoisotopic (exact) mass is 442 g/mol. The van der Waals surface area contributed by atoms with Gasteiger partial charge in [-0.3, -0.25) is 19.4 Å². The second kappa shape index (κ2) is 12.7. The molecule has 1 saturated heterocycles. The minimum Gasteiger partial charge on any atom is -0.459 e. The molecule has 1 rings (SSSR count). The zero-order chi connectivity index (χ0) is 23.7. The molecule has 0 bridgehead atoms. The van der Waals surface area contributed by atoms with Gasteiger partial charge >= 0.3 is 11.9 Å². The van der Waals surface area contributed by atoms with Crippen molar-refractivity contribution in [3.63, 3.8) is 0 Å². The van der Waals surface area contributed by atoms with Crippen LogP contribution in [-0.4, -0.2) is 122 Å². The van der Waals surface area contributed by atoms with Gasteiger partial charge in [0.1, 0.15) is 11.2 Å². The first-order chi connectivity index (χ1) is 14.3. The Labute approximate surface area is 189 Å². The molecule has 0 aromatic carbocycles. The van der Waals surface area contributed by atoms with Gasteiger partial charge < -0.3 is 19.3 Å². The molecule has 8 heteroatoms. The summed E-state index contributed by atoms with van der Waals surface area (Å²) in [5, 5.41) is 0. The van der Waals surface area contributed by atoms with Gasteiger partial charge in [-0.15, -0.1) is 0 Å². The normalized spacial score (nSPS) is 20.0. The number of hydrogen-bond acceptors (Lipinski definition) is 8. The lowest BCUT2D eigenvalue weighted by molar-refractivity contribution is -0.158. The molecule has 0 radical (unpaired) electrons. The second-order valence-electron chi connectivity index (χ2n) is 10.5. The number of hydrogen-bond donors (Lipinski definition) is 0. The van der Waals surface area contributed by atoms with Crippen LogP contribution in [0, 0.1) is 0 Å². The lowest BCUT2D eigenvalue weighted by Gasteiger charge is -2.33. The van der Waals surface area contributed by atoms with Crippen molar-refractivity contribution in [1.29, 1.82) is 0 Å². The molecule has 31 heavy (non-hydrogen) atoms. The molecule has 1 fully saturated rings. The van der Waals surface area contributed by atoms with Gasteiger partial charge in [0.2, 0.25) is 0 Å². The summed E-state index contributed by atoms with van der Waals surface area (Å²) in [6.45, 7) is 21.7. The third kappa shape index (κ3) is 13.7. The maximum absolute atomic E-state index is 12.4. The number of likely N-dealkylation sites (N-methyl/N-ethyl adjacent to an activating group) is 2. The largest absolute Gasteiger partial charge is 0.459 e. The highest BCUT2D eigenvalue weighted by molar-refractivity contribution is 5.72. The Morgan fingerprint density at radius 1 is 0.645 bits per heavy atom. The first-order valence-corrected chi connectivity index (χ1v) is 11.6. The van der Waals surface area contributed by atoms with Gasteiger partial charge in [-0.05, 0) is 55.1 Å². The fourth-order valence-electron chi connectivity index (χ4n) is 3.38. The standard InChI is InChI=1S/C23H46N4O4/c1-9-25-12-10-24(8)11-13-26(18-20(28)30-22(2,3)4)16-17-27(15-14-25)19-21(29)31-23(5,6)7/h9-19H2,1-8H3. The van der Waals surface area contributed by atoms with E-state index < -0.39 is 11.2 Å². The van der Waals surface area contributed by atoms with Crippen molar-refractivity contribution >= 4 is 11.9 Å². The number of esters is 2. The Morgan fingerprint density at radius 2 is 0.968 bits per heavy atom. The summed E-state index contributed by atoms with van der Waals surface area (Å²) in [6.07, 6.45) is 0. The average molecular weight is 443 g/mol. The van der Waals surface area contributed by atoms with Crippen LogP contribution in [0.4, 0.5) is 0 Å². The fraction of sp³-hybridized carbons (Fsp3) is 0.913. The van der Waals surface area contributed by atoms with Crippen molar-refractivity contribution in [1.82, 2.24) is 19.6 Å². The fourth-order valence-corrected chi connectivity index (χ4v) is 3.38. The Hall–Kier alpha value is -1.22. The first kappa shape index (κ1) is 27.8. The van der Waals surface area contributed by atoms with E-state index >= 15 is 0 Å². The van der Waals surface area contributed by atoms with Gasteiger partial charge in [-0.2, -0.15) is 0 Å². The van der Waals surface area contributed by atoms with Crippen LogP contribution in [0.3, 0.4) is 0 Å². The lowest BCUT2D eigenvalue weighted by Crippen LogP contribution is -2.48. The number of carbonyl (C=O) groups excluding carboxylic acids is 2. The van der Waals surface area contributed by atoms with Gasteiger partial charge in [-0.25, -0.2) is 0 Å². The van der Waals surface area contributed by atoms with Crippen LogP contribution in [0.5, 0.6) is 0 Å². The number of ether oxygens (including phenoxy) is 2. The predicted molar refractivity (Wildman–Crippen MR) is 124 cm³/mol. The smallest absolute Gasteiger partial charge is 0.320 e. The highest BCUT2D eigenvalue weighted by Gasteiger charge is 2.23. The number of carbonyl (C=O) groups is 2. The van der Waals surface area contributed by atoms with Crippen LogP contribution in [0.2, 0.25) is 0 Å². The van der Waals surface area contributed by atoms with E-state index in [-0.39, 0.29) is 25.0 Å². The van der Waals surface area contributed by atoms with Crippen molar-refractivity contribution in [2.24, 2.45) is 0 Å². The van der Waals surface area contributed by atoms with E-state index in [0.29, 0.717) is 13.1 Å². The summed E-state index contributed by atoms with van der Waals surface area (Å²) in [6, 6.07) is 0. The van der Waals surface area contributed by atoms with Gasteiger partial charge in [-0.1, -0.05) is 6.92 Å². The van der Waals surface area contributed by atoms with Crippen molar-refractivity contribution in [2.75, 3.05) is 79.0 Å². The molecule has 0 unspecified atom stereocenters. The molecule has 0 N–H and O–H groups in total. The summed E-state index contributed by atoms with van der Waals surface area (Å²) in [5.74, 6) is -0.417. The SMILES string of the molecule is CCN1CCN(C)CCN(CC(=O)OC(C)(C)C)CCN(CC(=O)OC(C)(C)C)CC1. The Bertz CT molecular complexity index is 557. The van der Waals surface area contributed by atoms with E-state index in [1.54, 1.807) is 0 Å². The van der Waals surface area contributed by atoms with Crippen LogP contribution in [0.15, 0.2) is 0 Å². The predicted octanol–water partition coefficient (Wildman–Crippen LogP) is 1.54. The maximum Gasteiger partial charge on any atom is 0.320 e. The van der Waals surface area contributed by atoms with Crippen LogP contribution < -0.4 is 0 Å². The molecule has 0 aromatic heterocycles. The molecule has 0 amide bonds. The molecule has 0 spiro atoms. The quantitative estimate of drug-likeness (QED) is 0.594. The van der Waals surface area contributed by atoms with Gasteiger partial charge in [0.05, 0.1) is 13.1 Å². The molecule has 182 valence electrons. The Morgan fingerprint density at radius 3 is 1.32 bits per heavy atom. The van der Waals surface area contributed by atoms with Crippen molar-refractivity contribution in [3.8, 4) is 0 Å². The van der Waals surface area contributed by atoms with Gasteiger partial charge in [0, 0.05) is 52.4 Å². The topological polar surface area (TPSA) is 65.6 Å². The summed E-state index contributed by atoms with van der Waals surface area (Å²) in [5.41, 5.74) is -0.987. The van der Waals surface area contributed by atoms with Crippen molar-refractivity contribution in [2.45, 2.75) is 59.7 Å². The van der Waals surface area contributed by atoms with E-state index in [1.807, 2.05) is 41.5 Å². The maximum atomic E-state index is 12.4. The number of rotatable bonds is 5. The van der Waals surface area contributed by atoms with Crippen LogP contribution in [-0.2, 0) is 19.1 Å². The van der Waals surface area contributed by atoms with Crippen LogP contribution in [0.25, 0.3) is 0 Å². The molecular formula is C23H46N4O4. The number of nitrogens with zero attached hydrogens (tertiary/aromatic N) is 4. The Kier molecular flexibility index (Phi) is 11.4. The van der Waals surface area contributed by atoms with E-state index in [2.05, 4.69) is 33.6 Å². The lowest BCUT2D eigenvalue weighted by atomic mass is 10.2. The zero-order valence-corrected chi connectivity index (χ0v) is 21.2. The molecule has 0 aliphatic carbocycles. The molecule has 1 heterocycles. The second-order valence-corrected chi connectivity index (χ2v) is 10.5. The summed E-state index contributed by atoms with van der Waals surface area (Å²) in [4.78, 5) is 33.8. The third-order valence-corrected chi connectivity index (χ3v) is 5.05. The van der Waals surface area contributed by atoms with Crippen molar-refractivity contribution < 1.29 is 19.1 Å². The Balaban J connectivity index is 2.83. The summed E-state index contributed by atoms with van der Waals surface area (Å²) in [7, 11) is 2.13. The highest BCUT2D eigenvalue weighted by atomic mass is 16.6. The average Bonchev–Trinajstić information content (AvgIpc) is 2.59. The van der Waals surface area contributed by atoms with Crippen molar-refractivity contribution in [3.05, 3.63) is 0 Å². The summed E-state index contributed by atoms with van der Waals surface area (Å²) >= 11 is 0. The van der Waals surface area contributed by atoms with E-state index in [0.717, 1.165) is 45.8 Å². The first-order valence-electron chi connectivity index (χ1n) is 11.6. The van der Waals surface area contributed by atoms with Gasteiger partial charge in [0.25, 0.3) is 0 Å². The van der Waals surface area contributed by atoms with E-state index in [4.69, 9.17) is 9.47 Å². The van der Waals surface area contributed by atoms with Crippen LogP contribution >= 0.6 is 0 Å². The molecular weight excluding hydrogens is 396 g/mol. The highest BCUT2D eigenvalue weighted by Crippen LogP contribution is 2.09. The van der Waals surface area contributed by atoms with Gasteiger partial charge in [0.15, 0.2) is 0 Å². The molecule has 1 aliphatic rings. The molecule has 0 atom stereocenters. The molecule has 8 nitrogen and oxygen atoms in total.